The van der Waals surface area contributed by atoms with Crippen molar-refractivity contribution in [3.05, 3.63) is 0 Å². The molecule has 0 fully saturated rings. The van der Waals surface area contributed by atoms with Gasteiger partial charge < -0.3 is 14.6 Å². The molecule has 244 valence electrons. The van der Waals surface area contributed by atoms with Crippen molar-refractivity contribution >= 4 is 11.9 Å². The Morgan fingerprint density at radius 1 is 0.463 bits per heavy atom. The summed E-state index contributed by atoms with van der Waals surface area (Å²) in [4.78, 5) is 24.0. The topological polar surface area (TPSA) is 72.8 Å². The first-order valence-electron chi connectivity index (χ1n) is 18.1. The highest BCUT2D eigenvalue weighted by Gasteiger charge is 2.16. The van der Waals surface area contributed by atoms with Crippen molar-refractivity contribution in [3.63, 3.8) is 0 Å². The van der Waals surface area contributed by atoms with Crippen LogP contribution in [0.2, 0.25) is 0 Å². The van der Waals surface area contributed by atoms with Gasteiger partial charge in [-0.15, -0.1) is 0 Å². The average Bonchev–Trinajstić information content (AvgIpc) is 2.97. The van der Waals surface area contributed by atoms with Crippen molar-refractivity contribution in [2.75, 3.05) is 13.2 Å². The molecule has 0 saturated heterocycles. The Balaban J connectivity index is 3.43. The molecule has 0 radical (unpaired) electrons. The van der Waals surface area contributed by atoms with Gasteiger partial charge in [-0.1, -0.05) is 174 Å². The summed E-state index contributed by atoms with van der Waals surface area (Å²) in [5.41, 5.74) is 0. The van der Waals surface area contributed by atoms with Crippen molar-refractivity contribution < 1.29 is 24.2 Å². The van der Waals surface area contributed by atoms with Gasteiger partial charge >= 0.3 is 11.9 Å². The summed E-state index contributed by atoms with van der Waals surface area (Å²) in [6.07, 6.45) is 34.7. The van der Waals surface area contributed by atoms with Crippen LogP contribution >= 0.6 is 0 Å². The number of aliphatic hydroxyl groups is 1. The lowest BCUT2D eigenvalue weighted by Crippen LogP contribution is -2.28. The van der Waals surface area contributed by atoms with Gasteiger partial charge in [0.1, 0.15) is 6.61 Å². The molecular formula is C36H70O5. The molecule has 0 rings (SSSR count). The minimum Gasteiger partial charge on any atom is -0.462 e. The highest BCUT2D eigenvalue weighted by Crippen LogP contribution is 2.15. The highest BCUT2D eigenvalue weighted by atomic mass is 16.6. The molecule has 0 aliphatic heterocycles. The van der Waals surface area contributed by atoms with E-state index in [9.17, 15) is 14.7 Å². The lowest BCUT2D eigenvalue weighted by atomic mass is 10.0. The zero-order valence-corrected chi connectivity index (χ0v) is 27.6. The molecule has 0 unspecified atom stereocenters. The largest absolute Gasteiger partial charge is 0.462 e. The summed E-state index contributed by atoms with van der Waals surface area (Å²) in [5.74, 6) is -0.586. The normalized spacial score (nSPS) is 12.0. The minimum absolute atomic E-state index is 0.0582. The number of hydrogen-bond donors (Lipinski definition) is 1. The fourth-order valence-corrected chi connectivity index (χ4v) is 5.38. The number of rotatable bonds is 33. The monoisotopic (exact) mass is 583 g/mol. The molecule has 5 heteroatoms. The molecular weight excluding hydrogens is 512 g/mol. The Kier molecular flexibility index (Phi) is 32.5. The zero-order valence-electron chi connectivity index (χ0n) is 27.6. The SMILES string of the molecule is CCCCCCCCCCCCCCCCCCCCCCC(=O)OC[C@H](CO)OC(=O)CCCCCCCCC. The van der Waals surface area contributed by atoms with Crippen molar-refractivity contribution in [2.45, 2.75) is 206 Å². The van der Waals surface area contributed by atoms with Gasteiger partial charge in [0.2, 0.25) is 0 Å². The van der Waals surface area contributed by atoms with E-state index in [0.29, 0.717) is 12.8 Å². The molecule has 1 N–H and O–H groups in total. The molecule has 41 heavy (non-hydrogen) atoms. The molecule has 1 atom stereocenters. The number of unbranched alkanes of at least 4 members (excludes halogenated alkanes) is 25. The molecule has 5 nitrogen and oxygen atoms in total. The number of hydrogen-bond acceptors (Lipinski definition) is 5. The quantitative estimate of drug-likeness (QED) is 0.0615. The van der Waals surface area contributed by atoms with Crippen LogP contribution in [0.3, 0.4) is 0 Å². The molecule has 0 saturated carbocycles. The van der Waals surface area contributed by atoms with Gasteiger partial charge in [-0.3, -0.25) is 9.59 Å². The van der Waals surface area contributed by atoms with E-state index in [1.165, 1.54) is 141 Å². The smallest absolute Gasteiger partial charge is 0.306 e. The first-order valence-corrected chi connectivity index (χ1v) is 18.1. The predicted molar refractivity (Wildman–Crippen MR) is 173 cm³/mol. The van der Waals surface area contributed by atoms with Crippen LogP contribution < -0.4 is 0 Å². The van der Waals surface area contributed by atoms with E-state index in [0.717, 1.165) is 32.1 Å². The molecule has 0 aromatic rings. The Labute approximate surface area is 255 Å². The highest BCUT2D eigenvalue weighted by molar-refractivity contribution is 5.70. The van der Waals surface area contributed by atoms with Crippen LogP contribution in [-0.4, -0.2) is 36.4 Å². The van der Waals surface area contributed by atoms with Crippen molar-refractivity contribution in [1.82, 2.24) is 0 Å². The van der Waals surface area contributed by atoms with Crippen molar-refractivity contribution in [3.8, 4) is 0 Å². The van der Waals surface area contributed by atoms with Gasteiger partial charge in [0.15, 0.2) is 6.10 Å². The maximum Gasteiger partial charge on any atom is 0.306 e. The second kappa shape index (κ2) is 33.4. The summed E-state index contributed by atoms with van der Waals surface area (Å²) in [6, 6.07) is 0. The molecule has 0 aromatic carbocycles. The summed E-state index contributed by atoms with van der Waals surface area (Å²) < 4.78 is 10.5. The summed E-state index contributed by atoms with van der Waals surface area (Å²) in [5, 5.41) is 9.46. The molecule has 0 heterocycles. The number of esters is 2. The van der Waals surface area contributed by atoms with Crippen LogP contribution in [0, 0.1) is 0 Å². The van der Waals surface area contributed by atoms with Crippen LogP contribution in [0.25, 0.3) is 0 Å². The van der Waals surface area contributed by atoms with E-state index in [4.69, 9.17) is 9.47 Å². The van der Waals surface area contributed by atoms with Crippen LogP contribution in [0.4, 0.5) is 0 Å². The number of aliphatic hydroxyl groups excluding tert-OH is 1. The number of ether oxygens (including phenoxy) is 2. The fraction of sp³-hybridized carbons (Fsp3) is 0.944. The maximum absolute atomic E-state index is 12.0. The van der Waals surface area contributed by atoms with Gasteiger partial charge in [0.25, 0.3) is 0 Å². The lowest BCUT2D eigenvalue weighted by molar-refractivity contribution is -0.161. The van der Waals surface area contributed by atoms with Crippen molar-refractivity contribution in [1.29, 1.82) is 0 Å². The first-order chi connectivity index (χ1) is 20.1. The lowest BCUT2D eigenvalue weighted by Gasteiger charge is -2.15. The van der Waals surface area contributed by atoms with Crippen LogP contribution in [0.5, 0.6) is 0 Å². The van der Waals surface area contributed by atoms with E-state index >= 15 is 0 Å². The van der Waals surface area contributed by atoms with Crippen LogP contribution in [-0.2, 0) is 19.1 Å². The van der Waals surface area contributed by atoms with E-state index in [1.54, 1.807) is 0 Å². The van der Waals surface area contributed by atoms with Gasteiger partial charge in [0, 0.05) is 12.8 Å². The third-order valence-electron chi connectivity index (χ3n) is 8.15. The average molecular weight is 583 g/mol. The van der Waals surface area contributed by atoms with E-state index in [2.05, 4.69) is 13.8 Å². The number of carbonyl (C=O) groups excluding carboxylic acids is 2. The molecule has 0 spiro atoms. The van der Waals surface area contributed by atoms with E-state index in [1.807, 2.05) is 0 Å². The Hall–Kier alpha value is -1.10. The van der Waals surface area contributed by atoms with E-state index in [-0.39, 0.29) is 25.2 Å². The van der Waals surface area contributed by atoms with Crippen LogP contribution in [0.1, 0.15) is 200 Å². The summed E-state index contributed by atoms with van der Waals surface area (Å²) in [7, 11) is 0. The minimum atomic E-state index is -0.758. The van der Waals surface area contributed by atoms with Gasteiger partial charge in [0.05, 0.1) is 6.61 Å². The maximum atomic E-state index is 12.0. The predicted octanol–water partition coefficient (Wildman–Crippen LogP) is 10.8. The van der Waals surface area contributed by atoms with Crippen LogP contribution in [0.15, 0.2) is 0 Å². The van der Waals surface area contributed by atoms with Crippen molar-refractivity contribution in [2.24, 2.45) is 0 Å². The number of carbonyl (C=O) groups is 2. The Morgan fingerprint density at radius 3 is 1.07 bits per heavy atom. The summed E-state index contributed by atoms with van der Waals surface area (Å²) in [6.45, 7) is 4.10. The first kappa shape index (κ1) is 39.9. The third kappa shape index (κ3) is 31.7. The fourth-order valence-electron chi connectivity index (χ4n) is 5.38. The Morgan fingerprint density at radius 2 is 0.756 bits per heavy atom. The molecule has 0 bridgehead atoms. The Bertz CT molecular complexity index is 550. The second-order valence-electron chi connectivity index (χ2n) is 12.3. The van der Waals surface area contributed by atoms with Gasteiger partial charge in [-0.05, 0) is 12.8 Å². The van der Waals surface area contributed by atoms with E-state index < -0.39 is 6.10 Å². The molecule has 0 aromatic heterocycles. The summed E-state index contributed by atoms with van der Waals surface area (Å²) >= 11 is 0. The zero-order chi connectivity index (χ0) is 30.1. The molecule has 0 aliphatic rings. The second-order valence-corrected chi connectivity index (χ2v) is 12.3. The molecule has 0 amide bonds. The standard InChI is InChI=1S/C36H70O5/c1-3-5-7-9-11-12-13-14-15-16-17-18-19-20-21-22-23-25-26-28-30-35(38)40-33-34(32-37)41-36(39)31-29-27-24-10-8-6-4-2/h34,37H,3-33H2,1-2H3/t34-/m0/s1. The molecule has 0 aliphatic carbocycles. The van der Waals surface area contributed by atoms with Gasteiger partial charge in [-0.25, -0.2) is 0 Å². The van der Waals surface area contributed by atoms with Gasteiger partial charge in [-0.2, -0.15) is 0 Å². The third-order valence-corrected chi connectivity index (χ3v) is 8.15.